The van der Waals surface area contributed by atoms with Crippen LogP contribution in [0.25, 0.3) is 0 Å². The minimum absolute atomic E-state index is 0.231. The molecule has 4 heteroatoms. The number of rotatable bonds is 7. The first-order chi connectivity index (χ1) is 7.59. The summed E-state index contributed by atoms with van der Waals surface area (Å²) in [5.41, 5.74) is 0. The highest BCUT2D eigenvalue weighted by atomic mass is 16.4. The molecule has 0 spiro atoms. The van der Waals surface area contributed by atoms with Gasteiger partial charge in [0.15, 0.2) is 0 Å². The topological polar surface area (TPSA) is 52.6 Å². The maximum absolute atomic E-state index is 10.6. The van der Waals surface area contributed by atoms with Crippen molar-refractivity contribution in [3.05, 3.63) is 0 Å². The minimum Gasteiger partial charge on any atom is -0.481 e. The first-order valence-corrected chi connectivity index (χ1v) is 6.21. The number of carboxylic acid groups (broad SMARTS) is 1. The first kappa shape index (κ1) is 13.5. The highest BCUT2D eigenvalue weighted by Gasteiger charge is 2.18. The zero-order chi connectivity index (χ0) is 12.0. The molecule has 16 heavy (non-hydrogen) atoms. The van der Waals surface area contributed by atoms with E-state index in [1.165, 1.54) is 25.9 Å². The van der Waals surface area contributed by atoms with Crippen molar-refractivity contribution >= 4 is 5.97 Å². The lowest BCUT2D eigenvalue weighted by Crippen LogP contribution is -2.23. The van der Waals surface area contributed by atoms with E-state index in [0.717, 1.165) is 25.4 Å². The standard InChI is InChI=1S/C12H24N2O2/c1-10(12(15)16)3-6-13-7-4-11-5-8-14(2)9-11/h10-11,13H,3-9H2,1-2H3,(H,15,16). The molecule has 0 saturated carbocycles. The number of hydrogen-bond acceptors (Lipinski definition) is 3. The molecule has 0 aliphatic carbocycles. The van der Waals surface area contributed by atoms with Gasteiger partial charge in [0.1, 0.15) is 0 Å². The second-order valence-electron chi connectivity index (χ2n) is 4.98. The Kier molecular flexibility index (Phi) is 5.77. The average Bonchev–Trinajstić information content (AvgIpc) is 2.63. The Morgan fingerprint density at radius 2 is 2.31 bits per heavy atom. The molecule has 2 N–H and O–H groups in total. The smallest absolute Gasteiger partial charge is 0.306 e. The fourth-order valence-electron chi connectivity index (χ4n) is 2.14. The van der Waals surface area contributed by atoms with Gasteiger partial charge in [-0.05, 0) is 51.9 Å². The molecule has 2 atom stereocenters. The Hall–Kier alpha value is -0.610. The Morgan fingerprint density at radius 1 is 1.56 bits per heavy atom. The predicted octanol–water partition coefficient (Wildman–Crippen LogP) is 1.03. The Labute approximate surface area is 98.0 Å². The Bertz CT molecular complexity index is 221. The molecule has 1 fully saturated rings. The lowest BCUT2D eigenvalue weighted by atomic mass is 10.0. The van der Waals surface area contributed by atoms with Gasteiger partial charge < -0.3 is 15.3 Å². The minimum atomic E-state index is -0.695. The molecular formula is C12H24N2O2. The fraction of sp³-hybridized carbons (Fsp3) is 0.917. The number of hydrogen-bond donors (Lipinski definition) is 2. The van der Waals surface area contributed by atoms with Crippen LogP contribution in [0.15, 0.2) is 0 Å². The van der Waals surface area contributed by atoms with Crippen LogP contribution in [0.5, 0.6) is 0 Å². The van der Waals surface area contributed by atoms with Crippen LogP contribution in [0.1, 0.15) is 26.2 Å². The van der Waals surface area contributed by atoms with Gasteiger partial charge >= 0.3 is 5.97 Å². The van der Waals surface area contributed by atoms with Crippen molar-refractivity contribution in [3.8, 4) is 0 Å². The van der Waals surface area contributed by atoms with Gasteiger partial charge in [0.05, 0.1) is 5.92 Å². The van der Waals surface area contributed by atoms with E-state index in [1.807, 2.05) is 0 Å². The molecule has 1 saturated heterocycles. The van der Waals surface area contributed by atoms with E-state index >= 15 is 0 Å². The summed E-state index contributed by atoms with van der Waals surface area (Å²) in [6.07, 6.45) is 3.25. The molecule has 0 radical (unpaired) electrons. The van der Waals surface area contributed by atoms with Crippen LogP contribution >= 0.6 is 0 Å². The van der Waals surface area contributed by atoms with E-state index in [9.17, 15) is 4.79 Å². The van der Waals surface area contributed by atoms with Gasteiger partial charge in [-0.25, -0.2) is 0 Å². The third kappa shape index (κ3) is 4.94. The maximum Gasteiger partial charge on any atom is 0.306 e. The van der Waals surface area contributed by atoms with Crippen molar-refractivity contribution in [1.82, 2.24) is 10.2 Å². The van der Waals surface area contributed by atoms with Crippen LogP contribution in [0.4, 0.5) is 0 Å². The largest absolute Gasteiger partial charge is 0.481 e. The summed E-state index contributed by atoms with van der Waals surface area (Å²) in [5, 5.41) is 12.0. The highest BCUT2D eigenvalue weighted by molar-refractivity contribution is 5.69. The van der Waals surface area contributed by atoms with Crippen molar-refractivity contribution in [2.75, 3.05) is 33.2 Å². The molecule has 1 aliphatic heterocycles. The van der Waals surface area contributed by atoms with Crippen molar-refractivity contribution in [2.45, 2.75) is 26.2 Å². The van der Waals surface area contributed by atoms with Gasteiger partial charge in [0, 0.05) is 6.54 Å². The molecule has 0 aromatic rings. The number of carbonyl (C=O) groups is 1. The van der Waals surface area contributed by atoms with Crippen molar-refractivity contribution in [1.29, 1.82) is 0 Å². The average molecular weight is 228 g/mol. The molecule has 0 aromatic carbocycles. The van der Waals surface area contributed by atoms with Crippen LogP contribution in [-0.2, 0) is 4.79 Å². The van der Waals surface area contributed by atoms with Gasteiger partial charge in [0.2, 0.25) is 0 Å². The number of likely N-dealkylation sites (tertiary alicyclic amines) is 1. The first-order valence-electron chi connectivity index (χ1n) is 6.21. The fourth-order valence-corrected chi connectivity index (χ4v) is 2.14. The van der Waals surface area contributed by atoms with Gasteiger partial charge in [-0.2, -0.15) is 0 Å². The zero-order valence-electron chi connectivity index (χ0n) is 10.4. The third-order valence-electron chi connectivity index (χ3n) is 3.39. The van der Waals surface area contributed by atoms with Crippen LogP contribution in [0, 0.1) is 11.8 Å². The second-order valence-corrected chi connectivity index (χ2v) is 4.98. The molecule has 1 heterocycles. The van der Waals surface area contributed by atoms with Crippen molar-refractivity contribution in [2.24, 2.45) is 11.8 Å². The van der Waals surface area contributed by atoms with Gasteiger partial charge in [-0.1, -0.05) is 6.92 Å². The summed E-state index contributed by atoms with van der Waals surface area (Å²) in [6.45, 7) is 6.03. The molecule has 2 unspecified atom stereocenters. The summed E-state index contributed by atoms with van der Waals surface area (Å²) in [4.78, 5) is 12.9. The van der Waals surface area contributed by atoms with E-state index in [2.05, 4.69) is 17.3 Å². The van der Waals surface area contributed by atoms with Crippen LogP contribution in [0.3, 0.4) is 0 Å². The normalized spacial score (nSPS) is 23.5. The Morgan fingerprint density at radius 3 is 2.88 bits per heavy atom. The van der Waals surface area contributed by atoms with E-state index in [-0.39, 0.29) is 5.92 Å². The summed E-state index contributed by atoms with van der Waals surface area (Å²) < 4.78 is 0. The third-order valence-corrected chi connectivity index (χ3v) is 3.39. The van der Waals surface area contributed by atoms with Crippen LogP contribution < -0.4 is 5.32 Å². The molecule has 1 rings (SSSR count). The van der Waals surface area contributed by atoms with E-state index in [0.29, 0.717) is 0 Å². The van der Waals surface area contributed by atoms with E-state index in [1.54, 1.807) is 6.92 Å². The molecule has 94 valence electrons. The predicted molar refractivity (Wildman–Crippen MR) is 64.5 cm³/mol. The quantitative estimate of drug-likeness (QED) is 0.639. The monoisotopic (exact) mass is 228 g/mol. The maximum atomic E-state index is 10.6. The highest BCUT2D eigenvalue weighted by Crippen LogP contribution is 2.16. The molecule has 4 nitrogen and oxygen atoms in total. The molecule has 0 aromatic heterocycles. The molecule has 0 amide bonds. The van der Waals surface area contributed by atoms with Gasteiger partial charge in [0.25, 0.3) is 0 Å². The number of carboxylic acids is 1. The summed E-state index contributed by atoms with van der Waals surface area (Å²) >= 11 is 0. The SMILES string of the molecule is CC(CCNCCC1CCN(C)C1)C(=O)O. The molecule has 1 aliphatic rings. The Balaban J connectivity index is 1.94. The molecular weight excluding hydrogens is 204 g/mol. The van der Waals surface area contributed by atoms with E-state index < -0.39 is 5.97 Å². The summed E-state index contributed by atoms with van der Waals surface area (Å²) in [7, 11) is 2.17. The van der Waals surface area contributed by atoms with E-state index in [4.69, 9.17) is 5.11 Å². The lowest BCUT2D eigenvalue weighted by Gasteiger charge is -2.11. The van der Waals surface area contributed by atoms with Crippen molar-refractivity contribution in [3.63, 3.8) is 0 Å². The van der Waals surface area contributed by atoms with Gasteiger partial charge in [-0.3, -0.25) is 4.79 Å². The zero-order valence-corrected chi connectivity index (χ0v) is 10.4. The lowest BCUT2D eigenvalue weighted by molar-refractivity contribution is -0.141. The summed E-state index contributed by atoms with van der Waals surface area (Å²) in [5.74, 6) is -0.0984. The summed E-state index contributed by atoms with van der Waals surface area (Å²) in [6, 6.07) is 0. The molecule has 0 bridgehead atoms. The van der Waals surface area contributed by atoms with Crippen LogP contribution in [0.2, 0.25) is 0 Å². The second kappa shape index (κ2) is 6.86. The number of nitrogens with one attached hydrogen (secondary N) is 1. The van der Waals surface area contributed by atoms with Crippen LogP contribution in [-0.4, -0.2) is 49.2 Å². The number of nitrogens with zero attached hydrogens (tertiary/aromatic N) is 1. The van der Waals surface area contributed by atoms with Gasteiger partial charge in [-0.15, -0.1) is 0 Å². The number of aliphatic carboxylic acids is 1. The van der Waals surface area contributed by atoms with Crippen molar-refractivity contribution < 1.29 is 9.90 Å².